The van der Waals surface area contributed by atoms with E-state index in [1.54, 1.807) is 18.2 Å². The van der Waals surface area contributed by atoms with E-state index in [9.17, 15) is 4.79 Å². The van der Waals surface area contributed by atoms with Crippen molar-refractivity contribution in [3.63, 3.8) is 0 Å². The highest BCUT2D eigenvalue weighted by molar-refractivity contribution is 9.10. The fraction of sp³-hybridized carbons (Fsp3) is 0.188. The molecule has 2 rings (SSSR count). The van der Waals surface area contributed by atoms with Gasteiger partial charge in [-0.05, 0) is 49.2 Å². The van der Waals surface area contributed by atoms with Gasteiger partial charge in [0.25, 0.3) is 5.91 Å². The number of hydrogen-bond donors (Lipinski definition) is 2. The second-order valence-electron chi connectivity index (χ2n) is 4.77. The Hall–Kier alpha value is -1.81. The maximum absolute atomic E-state index is 12.3. The van der Waals surface area contributed by atoms with E-state index in [0.29, 0.717) is 11.3 Å². The molecule has 0 saturated carbocycles. The average molecular weight is 333 g/mol. The number of benzene rings is 2. The highest BCUT2D eigenvalue weighted by Gasteiger charge is 2.14. The van der Waals surface area contributed by atoms with E-state index in [2.05, 4.69) is 21.2 Å². The number of hydrogen-bond acceptors (Lipinski definition) is 2. The normalized spacial score (nSPS) is 11.9. The minimum Gasteiger partial charge on any atom is -0.398 e. The van der Waals surface area contributed by atoms with Crippen LogP contribution in [0.5, 0.6) is 0 Å². The Morgan fingerprint density at radius 3 is 2.65 bits per heavy atom. The maximum Gasteiger partial charge on any atom is 0.252 e. The summed E-state index contributed by atoms with van der Waals surface area (Å²) < 4.78 is 0.997. The van der Waals surface area contributed by atoms with Gasteiger partial charge in [0.05, 0.1) is 6.04 Å². The summed E-state index contributed by atoms with van der Waals surface area (Å²) in [5, 5.41) is 2.99. The molecule has 4 heteroatoms. The van der Waals surface area contributed by atoms with E-state index in [1.807, 2.05) is 38.1 Å². The first-order valence-electron chi connectivity index (χ1n) is 6.40. The minimum atomic E-state index is -0.109. The largest absolute Gasteiger partial charge is 0.398 e. The molecule has 0 aliphatic rings. The lowest BCUT2D eigenvalue weighted by molar-refractivity contribution is 0.0939. The number of halogens is 1. The Balaban J connectivity index is 2.17. The van der Waals surface area contributed by atoms with Crippen LogP contribution in [0.3, 0.4) is 0 Å². The smallest absolute Gasteiger partial charge is 0.252 e. The summed E-state index contributed by atoms with van der Waals surface area (Å²) in [7, 11) is 0. The lowest BCUT2D eigenvalue weighted by Crippen LogP contribution is -2.27. The van der Waals surface area contributed by atoms with Gasteiger partial charge in [0.2, 0.25) is 0 Å². The van der Waals surface area contributed by atoms with Gasteiger partial charge in [0, 0.05) is 15.7 Å². The van der Waals surface area contributed by atoms with Crippen molar-refractivity contribution in [2.45, 2.75) is 19.9 Å². The van der Waals surface area contributed by atoms with E-state index in [0.717, 1.165) is 15.6 Å². The van der Waals surface area contributed by atoms with E-state index in [4.69, 9.17) is 5.73 Å². The number of amides is 1. The third-order valence-corrected chi connectivity index (χ3v) is 3.81. The number of nitrogens with two attached hydrogens (primary N) is 1. The molecule has 2 aromatic carbocycles. The molecule has 1 amide bonds. The van der Waals surface area contributed by atoms with E-state index >= 15 is 0 Å². The molecule has 0 aromatic heterocycles. The average Bonchev–Trinajstić information content (AvgIpc) is 2.41. The van der Waals surface area contributed by atoms with Gasteiger partial charge in [-0.1, -0.05) is 34.1 Å². The topological polar surface area (TPSA) is 55.1 Å². The Kier molecular flexibility index (Phi) is 4.45. The van der Waals surface area contributed by atoms with Gasteiger partial charge < -0.3 is 11.1 Å². The lowest BCUT2D eigenvalue weighted by Gasteiger charge is -2.16. The van der Waals surface area contributed by atoms with Crippen LogP contribution < -0.4 is 11.1 Å². The molecule has 0 saturated heterocycles. The van der Waals surface area contributed by atoms with Crippen LogP contribution >= 0.6 is 15.9 Å². The molecule has 0 aliphatic heterocycles. The Bertz CT molecular complexity index is 640. The molecule has 1 atom stereocenters. The lowest BCUT2D eigenvalue weighted by atomic mass is 10.0. The summed E-state index contributed by atoms with van der Waals surface area (Å²) in [6.45, 7) is 3.81. The van der Waals surface area contributed by atoms with E-state index < -0.39 is 0 Å². The zero-order valence-corrected chi connectivity index (χ0v) is 13.1. The SMILES string of the molecule is Cc1c(N)cccc1C(=O)N[C@H](C)c1cccc(Br)c1. The fourth-order valence-corrected chi connectivity index (χ4v) is 2.45. The van der Waals surface area contributed by atoms with E-state index in [1.165, 1.54) is 0 Å². The van der Waals surface area contributed by atoms with Crippen molar-refractivity contribution in [2.24, 2.45) is 0 Å². The van der Waals surface area contributed by atoms with Crippen LogP contribution in [0.25, 0.3) is 0 Å². The number of nitrogens with one attached hydrogen (secondary N) is 1. The molecule has 0 heterocycles. The fourth-order valence-electron chi connectivity index (χ4n) is 2.03. The zero-order chi connectivity index (χ0) is 14.7. The predicted molar refractivity (Wildman–Crippen MR) is 85.6 cm³/mol. The molecule has 3 nitrogen and oxygen atoms in total. The van der Waals surface area contributed by atoms with Crippen molar-refractivity contribution in [2.75, 3.05) is 5.73 Å². The Labute approximate surface area is 127 Å². The summed E-state index contributed by atoms with van der Waals surface area (Å²) >= 11 is 3.43. The quantitative estimate of drug-likeness (QED) is 0.839. The molecule has 0 unspecified atom stereocenters. The molecule has 0 bridgehead atoms. The molecular formula is C16H17BrN2O. The summed E-state index contributed by atoms with van der Waals surface area (Å²) in [5.74, 6) is -0.109. The molecule has 20 heavy (non-hydrogen) atoms. The highest BCUT2D eigenvalue weighted by atomic mass is 79.9. The van der Waals surface area contributed by atoms with Crippen LogP contribution in [0.15, 0.2) is 46.9 Å². The van der Waals surface area contributed by atoms with Crippen LogP contribution in [0, 0.1) is 6.92 Å². The monoisotopic (exact) mass is 332 g/mol. The van der Waals surface area contributed by atoms with Crippen LogP contribution in [-0.2, 0) is 0 Å². The first-order valence-corrected chi connectivity index (χ1v) is 7.19. The first-order chi connectivity index (χ1) is 9.49. The summed E-state index contributed by atoms with van der Waals surface area (Å²) in [5.41, 5.74) is 8.95. The van der Waals surface area contributed by atoms with Crippen molar-refractivity contribution in [3.8, 4) is 0 Å². The van der Waals surface area contributed by atoms with Gasteiger partial charge in [-0.2, -0.15) is 0 Å². The van der Waals surface area contributed by atoms with Gasteiger partial charge in [-0.25, -0.2) is 0 Å². The molecule has 0 fully saturated rings. The molecule has 2 aromatic rings. The van der Waals surface area contributed by atoms with E-state index in [-0.39, 0.29) is 11.9 Å². The maximum atomic E-state index is 12.3. The van der Waals surface area contributed by atoms with Gasteiger partial charge in [-0.15, -0.1) is 0 Å². The minimum absolute atomic E-state index is 0.0687. The number of rotatable bonds is 3. The van der Waals surface area contributed by atoms with Crippen molar-refractivity contribution >= 4 is 27.5 Å². The second kappa shape index (κ2) is 6.09. The van der Waals surface area contributed by atoms with Crippen LogP contribution in [0.4, 0.5) is 5.69 Å². The first kappa shape index (κ1) is 14.6. The number of anilines is 1. The third-order valence-electron chi connectivity index (χ3n) is 3.32. The molecule has 0 aliphatic carbocycles. The number of carbonyl (C=O) groups is 1. The molecule has 104 valence electrons. The standard InChI is InChI=1S/C16H17BrN2O/c1-10-14(7-4-8-15(10)18)16(20)19-11(2)12-5-3-6-13(17)9-12/h3-9,11H,18H2,1-2H3,(H,19,20)/t11-/m1/s1. The van der Waals surface area contributed by atoms with Crippen molar-refractivity contribution < 1.29 is 4.79 Å². The Morgan fingerprint density at radius 2 is 1.95 bits per heavy atom. The molecular weight excluding hydrogens is 316 g/mol. The van der Waals surface area contributed by atoms with Crippen LogP contribution in [-0.4, -0.2) is 5.91 Å². The summed E-state index contributed by atoms with van der Waals surface area (Å²) in [4.78, 5) is 12.3. The molecule has 0 spiro atoms. The number of carbonyl (C=O) groups excluding carboxylic acids is 1. The van der Waals surface area contributed by atoms with Gasteiger partial charge >= 0.3 is 0 Å². The second-order valence-corrected chi connectivity index (χ2v) is 5.69. The van der Waals surface area contributed by atoms with Gasteiger partial charge in [0.1, 0.15) is 0 Å². The van der Waals surface area contributed by atoms with Crippen molar-refractivity contribution in [1.29, 1.82) is 0 Å². The highest BCUT2D eigenvalue weighted by Crippen LogP contribution is 2.20. The van der Waals surface area contributed by atoms with Crippen LogP contribution in [0.1, 0.15) is 34.5 Å². The van der Waals surface area contributed by atoms with Crippen molar-refractivity contribution in [1.82, 2.24) is 5.32 Å². The van der Waals surface area contributed by atoms with Gasteiger partial charge in [-0.3, -0.25) is 4.79 Å². The Morgan fingerprint density at radius 1 is 1.25 bits per heavy atom. The molecule has 3 N–H and O–H groups in total. The third kappa shape index (κ3) is 3.20. The summed E-state index contributed by atoms with van der Waals surface area (Å²) in [6.07, 6.45) is 0. The molecule has 0 radical (unpaired) electrons. The summed E-state index contributed by atoms with van der Waals surface area (Å²) in [6, 6.07) is 13.2. The zero-order valence-electron chi connectivity index (χ0n) is 11.5. The van der Waals surface area contributed by atoms with Crippen LogP contribution in [0.2, 0.25) is 0 Å². The van der Waals surface area contributed by atoms with Crippen molar-refractivity contribution in [3.05, 3.63) is 63.6 Å². The number of nitrogen functional groups attached to an aromatic ring is 1. The predicted octanol–water partition coefficient (Wildman–Crippen LogP) is 3.83. The van der Waals surface area contributed by atoms with Gasteiger partial charge in [0.15, 0.2) is 0 Å².